The zero-order chi connectivity index (χ0) is 14.7. The summed E-state index contributed by atoms with van der Waals surface area (Å²) in [5.41, 5.74) is 0.970. The fourth-order valence-corrected chi connectivity index (χ4v) is 3.01. The number of likely N-dealkylation sites (N-methyl/N-ethyl adjacent to an activating group) is 1. The number of rotatable bonds is 5. The van der Waals surface area contributed by atoms with Crippen LogP contribution in [-0.4, -0.2) is 47.4 Å². The highest BCUT2D eigenvalue weighted by atomic mass is 16.5. The number of aromatic nitrogens is 2. The summed E-state index contributed by atoms with van der Waals surface area (Å²) in [5, 5.41) is 7.36. The number of hydrogen-bond donors (Lipinski definition) is 0. The lowest BCUT2D eigenvalue weighted by atomic mass is 10.1. The van der Waals surface area contributed by atoms with Crippen molar-refractivity contribution in [1.82, 2.24) is 9.61 Å². The molecule has 0 N–H and O–H groups in total. The molecule has 1 saturated heterocycles. The molecule has 3 rings (SSSR count). The van der Waals surface area contributed by atoms with E-state index in [4.69, 9.17) is 4.74 Å². The third-order valence-electron chi connectivity index (χ3n) is 4.34. The second-order valence-electron chi connectivity index (χ2n) is 5.97. The third-order valence-corrected chi connectivity index (χ3v) is 4.34. The first-order valence-electron chi connectivity index (χ1n) is 7.49. The normalized spacial score (nSPS) is 17.8. The molecule has 0 saturated carbocycles. The largest absolute Gasteiger partial charge is 0.469 e. The number of nitroso groups, excluding NO2 is 1. The molecular formula is C15H21N4O2+. The van der Waals surface area contributed by atoms with E-state index in [2.05, 4.69) is 17.3 Å². The summed E-state index contributed by atoms with van der Waals surface area (Å²) >= 11 is 0. The molecule has 0 radical (unpaired) electrons. The van der Waals surface area contributed by atoms with Gasteiger partial charge in [-0.2, -0.15) is 0 Å². The molecule has 2 aromatic heterocycles. The number of piperidine rings is 1. The van der Waals surface area contributed by atoms with Crippen LogP contribution in [0.25, 0.3) is 5.52 Å². The summed E-state index contributed by atoms with van der Waals surface area (Å²) in [6, 6.07) is 5.53. The molecule has 3 heterocycles. The number of hydrogen-bond acceptors (Lipinski definition) is 4. The van der Waals surface area contributed by atoms with Crippen LogP contribution in [0, 0.1) is 4.91 Å². The molecule has 1 aliphatic heterocycles. The van der Waals surface area contributed by atoms with Gasteiger partial charge < -0.3 is 9.22 Å². The molecule has 0 bridgehead atoms. The highest BCUT2D eigenvalue weighted by molar-refractivity contribution is 5.73. The van der Waals surface area contributed by atoms with Gasteiger partial charge in [0.25, 0.3) is 5.88 Å². The van der Waals surface area contributed by atoms with Crippen LogP contribution in [0.1, 0.15) is 19.3 Å². The number of ether oxygens (including phenoxy) is 1. The fraction of sp³-hybridized carbons (Fsp3) is 0.533. The maximum absolute atomic E-state index is 11.0. The molecule has 0 unspecified atom stereocenters. The Morgan fingerprint density at radius 1 is 1.33 bits per heavy atom. The van der Waals surface area contributed by atoms with E-state index in [9.17, 15) is 4.91 Å². The first kappa shape index (κ1) is 14.0. The molecule has 0 amide bonds. The number of likely N-dealkylation sites (tertiary alicyclic amines) is 1. The molecule has 6 nitrogen and oxygen atoms in total. The van der Waals surface area contributed by atoms with Gasteiger partial charge in [-0.25, -0.2) is 4.52 Å². The van der Waals surface area contributed by atoms with Crippen molar-refractivity contribution in [2.75, 3.05) is 33.3 Å². The lowest BCUT2D eigenvalue weighted by molar-refractivity contribution is -0.914. The Hall–Kier alpha value is -1.95. The smallest absolute Gasteiger partial charge is 0.264 e. The Bertz CT molecular complexity index is 632. The molecule has 0 aromatic carbocycles. The Kier molecular flexibility index (Phi) is 3.88. The van der Waals surface area contributed by atoms with E-state index in [1.807, 2.05) is 18.2 Å². The Balaban J connectivity index is 1.69. The Labute approximate surface area is 123 Å². The van der Waals surface area contributed by atoms with Crippen molar-refractivity contribution in [1.29, 1.82) is 0 Å². The second-order valence-corrected chi connectivity index (χ2v) is 5.97. The van der Waals surface area contributed by atoms with Crippen LogP contribution < -0.4 is 4.74 Å². The summed E-state index contributed by atoms with van der Waals surface area (Å²) in [5.74, 6) is 0.333. The molecule has 112 valence electrons. The number of quaternary nitrogens is 1. The predicted octanol–water partition coefficient (Wildman–Crippen LogP) is 2.74. The van der Waals surface area contributed by atoms with E-state index in [1.165, 1.54) is 32.4 Å². The van der Waals surface area contributed by atoms with Crippen LogP contribution in [0.5, 0.6) is 5.88 Å². The first-order chi connectivity index (χ1) is 10.2. The van der Waals surface area contributed by atoms with Crippen LogP contribution in [0.4, 0.5) is 5.69 Å². The van der Waals surface area contributed by atoms with E-state index < -0.39 is 0 Å². The monoisotopic (exact) mass is 289 g/mol. The summed E-state index contributed by atoms with van der Waals surface area (Å²) in [6.07, 6.45) is 5.69. The minimum absolute atomic E-state index is 0.289. The molecular weight excluding hydrogens is 268 g/mol. The van der Waals surface area contributed by atoms with Crippen molar-refractivity contribution in [2.45, 2.75) is 19.3 Å². The van der Waals surface area contributed by atoms with Crippen molar-refractivity contribution >= 4 is 11.2 Å². The quantitative estimate of drug-likeness (QED) is 0.628. The number of fused-ring (bicyclic) bond motifs is 1. The molecule has 0 spiro atoms. The minimum Gasteiger partial charge on any atom is -0.469 e. The van der Waals surface area contributed by atoms with Gasteiger partial charge in [0.2, 0.25) is 0 Å². The molecule has 0 atom stereocenters. The van der Waals surface area contributed by atoms with E-state index in [0.29, 0.717) is 18.0 Å². The van der Waals surface area contributed by atoms with E-state index in [0.717, 1.165) is 11.0 Å². The Morgan fingerprint density at radius 2 is 2.14 bits per heavy atom. The maximum Gasteiger partial charge on any atom is 0.264 e. The van der Waals surface area contributed by atoms with Crippen molar-refractivity contribution in [3.05, 3.63) is 29.3 Å². The average Bonchev–Trinajstić information content (AvgIpc) is 2.85. The lowest BCUT2D eigenvalue weighted by Crippen LogP contribution is -2.50. The topological polar surface area (TPSA) is 56.0 Å². The number of nitrogens with zero attached hydrogens (tertiary/aromatic N) is 4. The zero-order valence-electron chi connectivity index (χ0n) is 12.4. The third kappa shape index (κ3) is 2.90. The van der Waals surface area contributed by atoms with Crippen molar-refractivity contribution in [3.8, 4) is 5.88 Å². The van der Waals surface area contributed by atoms with Gasteiger partial charge in [-0.15, -0.1) is 10.0 Å². The summed E-state index contributed by atoms with van der Waals surface area (Å²) in [6.45, 7) is 3.90. The van der Waals surface area contributed by atoms with Crippen molar-refractivity contribution in [2.24, 2.45) is 5.18 Å². The Morgan fingerprint density at radius 3 is 2.90 bits per heavy atom. The van der Waals surface area contributed by atoms with Crippen LogP contribution in [0.3, 0.4) is 0 Å². The van der Waals surface area contributed by atoms with Gasteiger partial charge in [0.15, 0.2) is 5.69 Å². The van der Waals surface area contributed by atoms with Crippen molar-refractivity contribution < 1.29 is 9.22 Å². The lowest BCUT2D eigenvalue weighted by Gasteiger charge is -2.37. The summed E-state index contributed by atoms with van der Waals surface area (Å²) in [4.78, 5) is 11.0. The molecule has 1 aliphatic rings. The van der Waals surface area contributed by atoms with Gasteiger partial charge in [0.1, 0.15) is 13.2 Å². The molecule has 2 aromatic rings. The van der Waals surface area contributed by atoms with Gasteiger partial charge in [-0.05, 0) is 36.6 Å². The van der Waals surface area contributed by atoms with E-state index in [1.54, 1.807) is 10.7 Å². The van der Waals surface area contributed by atoms with Crippen molar-refractivity contribution in [3.63, 3.8) is 0 Å². The van der Waals surface area contributed by atoms with Gasteiger partial charge in [-0.3, -0.25) is 0 Å². The highest BCUT2D eigenvalue weighted by Crippen LogP contribution is 2.31. The van der Waals surface area contributed by atoms with Crippen LogP contribution in [0.2, 0.25) is 0 Å². The van der Waals surface area contributed by atoms with Gasteiger partial charge in [0.05, 0.1) is 25.7 Å². The standard InChI is InChI=1S/C15H21N4O2/c1-19(9-5-2-6-10-19)11-12-21-15-14(17-20)13-7-3-4-8-18(13)16-15/h3-4,7-8H,2,5-6,9-12H2,1H3/q+1. The van der Waals surface area contributed by atoms with Crippen LogP contribution in [0.15, 0.2) is 29.6 Å². The fourth-order valence-electron chi connectivity index (χ4n) is 3.01. The zero-order valence-corrected chi connectivity index (χ0v) is 12.4. The highest BCUT2D eigenvalue weighted by Gasteiger charge is 2.25. The SMILES string of the molecule is C[N+]1(CCOc2nn3ccccc3c2N=O)CCCCC1. The molecule has 0 aliphatic carbocycles. The first-order valence-corrected chi connectivity index (χ1v) is 7.49. The number of pyridine rings is 1. The van der Waals surface area contributed by atoms with Crippen LogP contribution >= 0.6 is 0 Å². The minimum atomic E-state index is 0.289. The van der Waals surface area contributed by atoms with Gasteiger partial charge in [-0.1, -0.05) is 6.07 Å². The van der Waals surface area contributed by atoms with E-state index in [-0.39, 0.29) is 5.69 Å². The summed E-state index contributed by atoms with van der Waals surface area (Å²) in [7, 11) is 2.27. The van der Waals surface area contributed by atoms with Crippen LogP contribution in [-0.2, 0) is 0 Å². The van der Waals surface area contributed by atoms with Gasteiger partial charge >= 0.3 is 0 Å². The van der Waals surface area contributed by atoms with E-state index >= 15 is 0 Å². The predicted molar refractivity (Wildman–Crippen MR) is 80.8 cm³/mol. The second kappa shape index (κ2) is 5.81. The molecule has 6 heteroatoms. The molecule has 1 fully saturated rings. The average molecular weight is 289 g/mol. The molecule has 21 heavy (non-hydrogen) atoms. The summed E-state index contributed by atoms with van der Waals surface area (Å²) < 4.78 is 8.41. The van der Waals surface area contributed by atoms with Gasteiger partial charge in [0, 0.05) is 6.20 Å². The maximum atomic E-state index is 11.0.